The zero-order chi connectivity index (χ0) is 20.1. The SMILES string of the molecule is CCCCc1nc2c(N)nnc(CCC(C)C)c2n1CC1CCC(CN)CC1. The summed E-state index contributed by atoms with van der Waals surface area (Å²) in [6.45, 7) is 8.58. The highest BCUT2D eigenvalue weighted by Gasteiger charge is 2.24. The van der Waals surface area contributed by atoms with Gasteiger partial charge in [-0.3, -0.25) is 0 Å². The Morgan fingerprint density at radius 3 is 2.43 bits per heavy atom. The Balaban J connectivity index is 1.95. The van der Waals surface area contributed by atoms with Gasteiger partial charge in [0.2, 0.25) is 0 Å². The van der Waals surface area contributed by atoms with Crippen LogP contribution in [-0.2, 0) is 19.4 Å². The van der Waals surface area contributed by atoms with E-state index in [1.54, 1.807) is 0 Å². The van der Waals surface area contributed by atoms with Gasteiger partial charge in [0.1, 0.15) is 11.3 Å². The molecule has 1 fully saturated rings. The van der Waals surface area contributed by atoms with Crippen molar-refractivity contribution in [1.29, 1.82) is 0 Å². The van der Waals surface area contributed by atoms with E-state index in [0.29, 0.717) is 23.6 Å². The molecular weight excluding hydrogens is 348 g/mol. The van der Waals surface area contributed by atoms with Crippen LogP contribution in [0.15, 0.2) is 0 Å². The van der Waals surface area contributed by atoms with Crippen molar-refractivity contribution in [1.82, 2.24) is 19.7 Å². The number of hydrogen-bond donors (Lipinski definition) is 2. The first-order valence-electron chi connectivity index (χ1n) is 11.2. The van der Waals surface area contributed by atoms with Crippen molar-refractivity contribution in [2.75, 3.05) is 12.3 Å². The second kappa shape index (κ2) is 9.68. The normalized spacial score (nSPS) is 20.3. The molecule has 0 amide bonds. The number of nitrogens with two attached hydrogens (primary N) is 2. The summed E-state index contributed by atoms with van der Waals surface area (Å²) >= 11 is 0. The Bertz CT molecular complexity index is 758. The van der Waals surface area contributed by atoms with Crippen LogP contribution in [0.2, 0.25) is 0 Å². The largest absolute Gasteiger partial charge is 0.380 e. The molecule has 1 aliphatic rings. The van der Waals surface area contributed by atoms with Gasteiger partial charge in [-0.1, -0.05) is 27.2 Å². The minimum Gasteiger partial charge on any atom is -0.380 e. The molecule has 4 N–H and O–H groups in total. The average Bonchev–Trinajstić information content (AvgIpc) is 3.05. The maximum Gasteiger partial charge on any atom is 0.174 e. The van der Waals surface area contributed by atoms with Gasteiger partial charge in [-0.25, -0.2) is 4.98 Å². The molecule has 3 rings (SSSR count). The summed E-state index contributed by atoms with van der Waals surface area (Å²) in [4.78, 5) is 4.95. The lowest BCUT2D eigenvalue weighted by Gasteiger charge is -2.28. The maximum absolute atomic E-state index is 6.20. The number of unbranched alkanes of at least 4 members (excludes halogenated alkanes) is 1. The summed E-state index contributed by atoms with van der Waals surface area (Å²) in [6.07, 6.45) is 10.3. The molecule has 0 saturated heterocycles. The molecule has 0 spiro atoms. The molecule has 6 heteroatoms. The van der Waals surface area contributed by atoms with E-state index in [1.165, 1.54) is 25.7 Å². The van der Waals surface area contributed by atoms with E-state index in [0.717, 1.165) is 67.7 Å². The van der Waals surface area contributed by atoms with Crippen molar-refractivity contribution in [3.63, 3.8) is 0 Å². The van der Waals surface area contributed by atoms with E-state index in [9.17, 15) is 0 Å². The van der Waals surface area contributed by atoms with Crippen LogP contribution in [0.3, 0.4) is 0 Å². The second-order valence-corrected chi connectivity index (χ2v) is 9.03. The predicted molar refractivity (Wildman–Crippen MR) is 116 cm³/mol. The van der Waals surface area contributed by atoms with Crippen LogP contribution in [0.25, 0.3) is 11.0 Å². The van der Waals surface area contributed by atoms with E-state index in [2.05, 4.69) is 35.5 Å². The number of imidazole rings is 1. The first-order valence-corrected chi connectivity index (χ1v) is 11.2. The number of rotatable bonds is 9. The van der Waals surface area contributed by atoms with Crippen LogP contribution in [0, 0.1) is 17.8 Å². The highest BCUT2D eigenvalue weighted by atomic mass is 15.2. The lowest BCUT2D eigenvalue weighted by Crippen LogP contribution is -2.24. The molecule has 0 unspecified atom stereocenters. The molecule has 0 atom stereocenters. The maximum atomic E-state index is 6.20. The van der Waals surface area contributed by atoms with Crippen molar-refractivity contribution >= 4 is 16.9 Å². The summed E-state index contributed by atoms with van der Waals surface area (Å²) < 4.78 is 2.44. The number of aromatic nitrogens is 4. The van der Waals surface area contributed by atoms with Crippen LogP contribution in [0.5, 0.6) is 0 Å². The van der Waals surface area contributed by atoms with Gasteiger partial charge in [-0.15, -0.1) is 5.10 Å². The summed E-state index contributed by atoms with van der Waals surface area (Å²) in [5.74, 6) is 3.65. The van der Waals surface area contributed by atoms with Gasteiger partial charge in [-0.2, -0.15) is 5.10 Å². The number of anilines is 1. The molecule has 2 aromatic heterocycles. The number of nitrogen functional groups attached to an aromatic ring is 1. The van der Waals surface area contributed by atoms with Crippen molar-refractivity contribution in [3.05, 3.63) is 11.5 Å². The van der Waals surface area contributed by atoms with Gasteiger partial charge in [0.05, 0.1) is 11.2 Å². The second-order valence-electron chi connectivity index (χ2n) is 9.03. The molecule has 156 valence electrons. The number of hydrogen-bond acceptors (Lipinski definition) is 5. The zero-order valence-corrected chi connectivity index (χ0v) is 18.0. The Morgan fingerprint density at radius 1 is 1.07 bits per heavy atom. The van der Waals surface area contributed by atoms with E-state index < -0.39 is 0 Å². The fourth-order valence-corrected chi connectivity index (χ4v) is 4.40. The Morgan fingerprint density at radius 2 is 1.79 bits per heavy atom. The molecule has 2 aromatic rings. The topological polar surface area (TPSA) is 95.6 Å². The fraction of sp³-hybridized carbons (Fsp3) is 0.773. The van der Waals surface area contributed by atoms with Crippen molar-refractivity contribution in [2.45, 2.75) is 85.1 Å². The molecular formula is C22H38N6. The lowest BCUT2D eigenvalue weighted by atomic mass is 9.82. The van der Waals surface area contributed by atoms with Crippen molar-refractivity contribution < 1.29 is 0 Å². The zero-order valence-electron chi connectivity index (χ0n) is 18.0. The molecule has 0 aliphatic heterocycles. The third kappa shape index (κ3) is 4.83. The minimum absolute atomic E-state index is 0.464. The number of nitrogens with zero attached hydrogens (tertiary/aromatic N) is 4. The highest BCUT2D eigenvalue weighted by Crippen LogP contribution is 2.32. The molecule has 2 heterocycles. The van der Waals surface area contributed by atoms with Gasteiger partial charge >= 0.3 is 0 Å². The van der Waals surface area contributed by atoms with Crippen LogP contribution < -0.4 is 11.5 Å². The van der Waals surface area contributed by atoms with Gasteiger partial charge in [0.15, 0.2) is 5.82 Å². The third-order valence-electron chi connectivity index (χ3n) is 6.29. The van der Waals surface area contributed by atoms with Crippen LogP contribution in [-0.4, -0.2) is 26.3 Å². The molecule has 0 bridgehead atoms. The Kier molecular flexibility index (Phi) is 7.27. The lowest BCUT2D eigenvalue weighted by molar-refractivity contribution is 0.256. The molecule has 28 heavy (non-hydrogen) atoms. The van der Waals surface area contributed by atoms with E-state index in [1.807, 2.05) is 0 Å². The molecule has 6 nitrogen and oxygen atoms in total. The highest BCUT2D eigenvalue weighted by molar-refractivity contribution is 5.86. The third-order valence-corrected chi connectivity index (χ3v) is 6.29. The van der Waals surface area contributed by atoms with Gasteiger partial charge in [-0.05, 0) is 69.2 Å². The van der Waals surface area contributed by atoms with Gasteiger partial charge in [0.25, 0.3) is 0 Å². The summed E-state index contributed by atoms with van der Waals surface area (Å²) in [6, 6.07) is 0. The van der Waals surface area contributed by atoms with E-state index >= 15 is 0 Å². The van der Waals surface area contributed by atoms with Crippen molar-refractivity contribution in [2.24, 2.45) is 23.5 Å². The Hall–Kier alpha value is -1.69. The molecule has 0 radical (unpaired) electrons. The summed E-state index contributed by atoms with van der Waals surface area (Å²) in [7, 11) is 0. The van der Waals surface area contributed by atoms with Crippen molar-refractivity contribution in [3.8, 4) is 0 Å². The molecule has 1 aliphatic carbocycles. The minimum atomic E-state index is 0.464. The van der Waals surface area contributed by atoms with E-state index in [-0.39, 0.29) is 0 Å². The summed E-state index contributed by atoms with van der Waals surface area (Å²) in [5, 5.41) is 8.72. The van der Waals surface area contributed by atoms with E-state index in [4.69, 9.17) is 16.5 Å². The predicted octanol–water partition coefficient (Wildman–Crippen LogP) is 4.10. The van der Waals surface area contributed by atoms with Gasteiger partial charge in [0, 0.05) is 13.0 Å². The van der Waals surface area contributed by atoms with Crippen LogP contribution in [0.1, 0.15) is 77.2 Å². The number of fused-ring (bicyclic) bond motifs is 1. The molecule has 0 aromatic carbocycles. The van der Waals surface area contributed by atoms with Gasteiger partial charge < -0.3 is 16.0 Å². The monoisotopic (exact) mass is 386 g/mol. The Labute approximate surface area is 169 Å². The number of aryl methyl sites for hydroxylation is 2. The summed E-state index contributed by atoms with van der Waals surface area (Å²) in [5.41, 5.74) is 15.1. The average molecular weight is 387 g/mol. The van der Waals surface area contributed by atoms with Crippen LogP contribution in [0.4, 0.5) is 5.82 Å². The first kappa shape index (κ1) is 21.0. The standard InChI is InChI=1S/C22H38N6/c1-4-5-6-19-25-20-21(18(12-7-15(2)3)26-27-22(20)24)28(19)14-17-10-8-16(13-23)9-11-17/h15-17H,4-14,23H2,1-3H3,(H2,24,27). The first-order chi connectivity index (χ1) is 13.5. The quantitative estimate of drug-likeness (QED) is 0.676. The fourth-order valence-electron chi connectivity index (χ4n) is 4.40. The molecule has 1 saturated carbocycles. The smallest absolute Gasteiger partial charge is 0.174 e. The van der Waals surface area contributed by atoms with Crippen LogP contribution >= 0.6 is 0 Å².